The predicted octanol–water partition coefficient (Wildman–Crippen LogP) is 9.06. The first-order valence-corrected chi connectivity index (χ1v) is 19.7. The van der Waals surface area contributed by atoms with Crippen molar-refractivity contribution in [3.63, 3.8) is 0 Å². The molecule has 1 aliphatic heterocycles. The zero-order valence-corrected chi connectivity index (χ0v) is 34.9. The third-order valence-corrected chi connectivity index (χ3v) is 13.6. The SMILES string of the molecule is COc1cc(OC)c(-c2cccc(-c3c(OC)cc(OC)cc3OC)c2P2C(c3c(OC)cccc3OC)CC(=O)CC2c2c(OC)cccc2OC)c(OC)c1. The summed E-state index contributed by atoms with van der Waals surface area (Å²) in [6.45, 7) is 0. The maximum Gasteiger partial charge on any atom is 0.134 e. The molecule has 0 amide bonds. The van der Waals surface area contributed by atoms with Gasteiger partial charge in [0.2, 0.25) is 0 Å². The van der Waals surface area contributed by atoms with Crippen molar-refractivity contribution < 1.29 is 52.2 Å². The highest BCUT2D eigenvalue weighted by Crippen LogP contribution is 2.72. The van der Waals surface area contributed by atoms with E-state index in [4.69, 9.17) is 47.4 Å². The topological polar surface area (TPSA) is 109 Å². The Morgan fingerprint density at radius 2 is 0.719 bits per heavy atom. The number of methoxy groups -OCH3 is 10. The zero-order valence-electron chi connectivity index (χ0n) is 34.0. The first kappa shape index (κ1) is 40.9. The average molecular weight is 797 g/mol. The number of hydrogen-bond acceptors (Lipinski definition) is 11. The molecule has 12 heteroatoms. The minimum Gasteiger partial charge on any atom is -0.496 e. The van der Waals surface area contributed by atoms with Crippen molar-refractivity contribution in [1.29, 1.82) is 0 Å². The summed E-state index contributed by atoms with van der Waals surface area (Å²) in [5, 5.41) is 0.916. The van der Waals surface area contributed by atoms with E-state index in [9.17, 15) is 4.79 Å². The van der Waals surface area contributed by atoms with Crippen LogP contribution in [0.2, 0.25) is 0 Å². The Bertz CT molecular complexity index is 1990. The van der Waals surface area contributed by atoms with Gasteiger partial charge in [-0.15, -0.1) is 0 Å². The Morgan fingerprint density at radius 1 is 0.421 bits per heavy atom. The standard InChI is InChI=1S/C45H49O11P/c1-47-27-22-35(53-7)41(36(23-27)54-8)29-14-11-15-30(42-37(55-9)24-28(48-2)25-38(42)56-10)45(29)57-39(43-31(49-3)16-12-17-32(43)50-4)20-26(46)21-40(57)44-33(51-5)18-13-19-34(44)52-6/h11-19,22-25,39-40H,20-21H2,1-10H3. The van der Waals surface area contributed by atoms with Crippen molar-refractivity contribution in [2.75, 3.05) is 71.1 Å². The number of ether oxygens (including phenoxy) is 10. The van der Waals surface area contributed by atoms with E-state index in [2.05, 4.69) is 12.1 Å². The van der Waals surface area contributed by atoms with Gasteiger partial charge in [0.05, 0.1) is 82.2 Å². The Morgan fingerprint density at radius 3 is 1.00 bits per heavy atom. The number of carbonyl (C=O) groups is 1. The fourth-order valence-electron chi connectivity index (χ4n) is 7.91. The zero-order chi connectivity index (χ0) is 40.8. The summed E-state index contributed by atoms with van der Waals surface area (Å²) in [4.78, 5) is 14.4. The molecule has 1 fully saturated rings. The van der Waals surface area contributed by atoms with Crippen LogP contribution in [0.1, 0.15) is 35.3 Å². The molecular weight excluding hydrogens is 747 g/mol. The van der Waals surface area contributed by atoms with E-state index in [1.165, 1.54) is 0 Å². The van der Waals surface area contributed by atoms with Crippen LogP contribution in [-0.2, 0) is 4.79 Å². The molecule has 300 valence electrons. The lowest BCUT2D eigenvalue weighted by Gasteiger charge is -2.42. The maximum absolute atomic E-state index is 14.4. The summed E-state index contributed by atoms with van der Waals surface area (Å²) in [6.07, 6.45) is 0.413. The van der Waals surface area contributed by atoms with Gasteiger partial charge in [0.15, 0.2) is 0 Å². The fourth-order valence-corrected chi connectivity index (χ4v) is 11.8. The highest BCUT2D eigenvalue weighted by molar-refractivity contribution is 7.67. The number of Topliss-reactive ketones (excluding diaryl/α,β-unsaturated/α-hetero) is 1. The minimum absolute atomic E-state index is 0.0721. The molecule has 0 saturated carbocycles. The average Bonchev–Trinajstić information content (AvgIpc) is 3.26. The molecule has 1 heterocycles. The van der Waals surface area contributed by atoms with Gasteiger partial charge in [0, 0.05) is 59.6 Å². The summed E-state index contributed by atoms with van der Waals surface area (Å²) in [5.41, 5.74) is 3.67. The van der Waals surface area contributed by atoms with E-state index >= 15 is 0 Å². The van der Waals surface area contributed by atoms with Gasteiger partial charge in [-0.25, -0.2) is 0 Å². The Balaban J connectivity index is 1.88. The lowest BCUT2D eigenvalue weighted by atomic mass is 9.95. The second-order valence-corrected chi connectivity index (χ2v) is 15.6. The molecule has 0 N–H and O–H groups in total. The summed E-state index contributed by atoms with van der Waals surface area (Å²) < 4.78 is 60.2. The first-order chi connectivity index (χ1) is 27.7. The van der Waals surface area contributed by atoms with E-state index in [0.717, 1.165) is 27.6 Å². The lowest BCUT2D eigenvalue weighted by molar-refractivity contribution is -0.119. The van der Waals surface area contributed by atoms with Crippen LogP contribution >= 0.6 is 7.92 Å². The van der Waals surface area contributed by atoms with E-state index in [-0.39, 0.29) is 18.6 Å². The van der Waals surface area contributed by atoms with E-state index in [1.54, 1.807) is 71.1 Å². The third-order valence-electron chi connectivity index (χ3n) is 10.4. The maximum atomic E-state index is 14.4. The molecule has 0 bridgehead atoms. The first-order valence-electron chi connectivity index (χ1n) is 18.2. The second-order valence-electron chi connectivity index (χ2n) is 13.1. The molecule has 11 nitrogen and oxygen atoms in total. The van der Waals surface area contributed by atoms with Crippen molar-refractivity contribution in [3.05, 3.63) is 90.0 Å². The van der Waals surface area contributed by atoms with Crippen LogP contribution in [0.5, 0.6) is 57.5 Å². The van der Waals surface area contributed by atoms with Crippen LogP contribution in [0.3, 0.4) is 0 Å². The normalized spacial score (nSPS) is 16.3. The van der Waals surface area contributed by atoms with Gasteiger partial charge in [-0.2, -0.15) is 0 Å². The van der Waals surface area contributed by atoms with Gasteiger partial charge in [-0.3, -0.25) is 4.79 Å². The minimum atomic E-state index is -1.57. The van der Waals surface area contributed by atoms with Crippen molar-refractivity contribution in [1.82, 2.24) is 0 Å². The van der Waals surface area contributed by atoms with Gasteiger partial charge >= 0.3 is 0 Å². The molecule has 1 aliphatic rings. The van der Waals surface area contributed by atoms with Crippen LogP contribution < -0.4 is 52.7 Å². The van der Waals surface area contributed by atoms with Crippen LogP contribution in [0.4, 0.5) is 0 Å². The van der Waals surface area contributed by atoms with E-state index in [0.29, 0.717) is 68.6 Å². The van der Waals surface area contributed by atoms with E-state index < -0.39 is 19.2 Å². The van der Waals surface area contributed by atoms with Gasteiger partial charge < -0.3 is 47.4 Å². The predicted molar refractivity (Wildman–Crippen MR) is 222 cm³/mol. The fraction of sp³-hybridized carbons (Fsp3) is 0.311. The smallest absolute Gasteiger partial charge is 0.134 e. The molecule has 0 radical (unpaired) electrons. The van der Waals surface area contributed by atoms with Crippen LogP contribution in [0.25, 0.3) is 22.3 Å². The van der Waals surface area contributed by atoms with Crippen molar-refractivity contribution in [3.8, 4) is 79.7 Å². The molecule has 57 heavy (non-hydrogen) atoms. The number of benzene rings is 5. The quantitative estimate of drug-likeness (QED) is 0.0947. The molecule has 0 aromatic heterocycles. The molecule has 2 atom stereocenters. The monoisotopic (exact) mass is 796 g/mol. The summed E-state index contributed by atoms with van der Waals surface area (Å²) in [6, 6.07) is 24.8. The van der Waals surface area contributed by atoms with Crippen molar-refractivity contribution in [2.45, 2.75) is 24.2 Å². The molecule has 1 saturated heterocycles. The summed E-state index contributed by atoms with van der Waals surface area (Å²) in [7, 11) is 14.6. The Labute approximate surface area is 335 Å². The second kappa shape index (κ2) is 18.0. The van der Waals surface area contributed by atoms with E-state index in [1.807, 2.05) is 66.7 Å². The molecule has 2 unspecified atom stereocenters. The summed E-state index contributed by atoms with van der Waals surface area (Å²) >= 11 is 0. The number of carbonyl (C=O) groups excluding carboxylic acids is 1. The van der Waals surface area contributed by atoms with Crippen LogP contribution in [0, 0.1) is 0 Å². The highest BCUT2D eigenvalue weighted by Gasteiger charge is 2.46. The lowest BCUT2D eigenvalue weighted by Crippen LogP contribution is -2.27. The molecule has 0 spiro atoms. The van der Waals surface area contributed by atoms with Gasteiger partial charge in [0.1, 0.15) is 63.3 Å². The number of rotatable bonds is 15. The highest BCUT2D eigenvalue weighted by atomic mass is 31.1. The summed E-state index contributed by atoms with van der Waals surface area (Å²) in [5.74, 6) is 5.71. The Kier molecular flexibility index (Phi) is 12.9. The van der Waals surface area contributed by atoms with Gasteiger partial charge in [0.25, 0.3) is 0 Å². The molecule has 5 aromatic carbocycles. The van der Waals surface area contributed by atoms with Gasteiger partial charge in [-0.05, 0) is 40.7 Å². The molecule has 5 aromatic rings. The molecule has 6 rings (SSSR count). The van der Waals surface area contributed by atoms with Crippen molar-refractivity contribution in [2.24, 2.45) is 0 Å². The van der Waals surface area contributed by atoms with Crippen LogP contribution in [0.15, 0.2) is 78.9 Å². The molecule has 0 aliphatic carbocycles. The number of hydrogen-bond donors (Lipinski definition) is 0. The van der Waals surface area contributed by atoms with Crippen molar-refractivity contribution >= 4 is 19.0 Å². The van der Waals surface area contributed by atoms with Gasteiger partial charge in [-0.1, -0.05) is 38.3 Å². The largest absolute Gasteiger partial charge is 0.496 e. The molecular formula is C45H49O11P. The van der Waals surface area contributed by atoms with Crippen LogP contribution in [-0.4, -0.2) is 76.9 Å². The third kappa shape index (κ3) is 7.56. The Hall–Kier alpha value is -5.80. The number of ketones is 1.